The molecule has 0 radical (unpaired) electrons. The van der Waals surface area contributed by atoms with Crippen molar-refractivity contribution in [3.8, 4) is 11.8 Å². The number of nitrogens with zero attached hydrogens (tertiary/aromatic N) is 4. The SMILES string of the molecule is CCC(Nc1nc2ccc(CC3COC3)cc2n1C)c1ccc(Oc2ncc(Cl)cn2)cc1. The molecule has 2 aromatic carbocycles. The summed E-state index contributed by atoms with van der Waals surface area (Å²) in [6, 6.07) is 14.9. The minimum absolute atomic E-state index is 0.118. The number of fused-ring (bicyclic) bond motifs is 1. The maximum atomic E-state index is 5.83. The standard InChI is InChI=1S/C25H26ClN5O2/c1-3-21(18-5-7-20(8-6-18)33-25-27-12-19(26)13-28-25)29-24-30-22-9-4-16(10-17-14-32-15-17)11-23(22)31(24)2/h4-9,11-13,17,21H,3,10,14-15H2,1-2H3,(H,29,30). The Hall–Kier alpha value is -3.16. The maximum absolute atomic E-state index is 5.83. The first-order chi connectivity index (χ1) is 16.1. The van der Waals surface area contributed by atoms with Gasteiger partial charge in [-0.3, -0.25) is 0 Å². The Bertz CT molecular complexity index is 1240. The van der Waals surface area contributed by atoms with Crippen molar-refractivity contribution in [3.63, 3.8) is 0 Å². The Kier molecular flexibility index (Phi) is 6.15. The fourth-order valence-electron chi connectivity index (χ4n) is 4.03. The van der Waals surface area contributed by atoms with Gasteiger partial charge in [0.05, 0.1) is 47.7 Å². The van der Waals surface area contributed by atoms with Crippen LogP contribution in [0.1, 0.15) is 30.5 Å². The topological polar surface area (TPSA) is 74.1 Å². The second kappa shape index (κ2) is 9.37. The Morgan fingerprint density at radius 2 is 1.91 bits per heavy atom. The van der Waals surface area contributed by atoms with Crippen LogP contribution < -0.4 is 10.1 Å². The van der Waals surface area contributed by atoms with E-state index in [0.717, 1.165) is 48.6 Å². The van der Waals surface area contributed by atoms with Gasteiger partial charge in [-0.15, -0.1) is 0 Å². The summed E-state index contributed by atoms with van der Waals surface area (Å²) in [6.45, 7) is 3.89. The lowest BCUT2D eigenvalue weighted by Crippen LogP contribution is -2.29. The first-order valence-corrected chi connectivity index (χ1v) is 11.5. The zero-order chi connectivity index (χ0) is 22.8. The second-order valence-corrected chi connectivity index (χ2v) is 8.82. The van der Waals surface area contributed by atoms with Crippen LogP contribution in [0.3, 0.4) is 0 Å². The lowest BCUT2D eigenvalue weighted by molar-refractivity contribution is -0.0312. The van der Waals surface area contributed by atoms with E-state index < -0.39 is 0 Å². The predicted octanol–water partition coefficient (Wildman–Crippen LogP) is 5.56. The van der Waals surface area contributed by atoms with Crippen LogP contribution in [0.25, 0.3) is 11.0 Å². The molecule has 5 rings (SSSR count). The van der Waals surface area contributed by atoms with E-state index >= 15 is 0 Å². The van der Waals surface area contributed by atoms with Gasteiger partial charge in [0.1, 0.15) is 5.75 Å². The molecule has 1 fully saturated rings. The van der Waals surface area contributed by atoms with Crippen LogP contribution in [0.5, 0.6) is 11.8 Å². The summed E-state index contributed by atoms with van der Waals surface area (Å²) in [7, 11) is 2.06. The molecule has 1 aliphatic heterocycles. The number of nitrogens with one attached hydrogen (secondary N) is 1. The molecule has 0 aliphatic carbocycles. The fourth-order valence-corrected chi connectivity index (χ4v) is 4.13. The number of rotatable bonds is 8. The van der Waals surface area contributed by atoms with Crippen molar-refractivity contribution >= 4 is 28.6 Å². The van der Waals surface area contributed by atoms with Crippen LogP contribution in [0.15, 0.2) is 54.9 Å². The summed E-state index contributed by atoms with van der Waals surface area (Å²) in [5.41, 5.74) is 4.62. The maximum Gasteiger partial charge on any atom is 0.321 e. The number of hydrogen-bond acceptors (Lipinski definition) is 6. The molecule has 7 nitrogen and oxygen atoms in total. The summed E-state index contributed by atoms with van der Waals surface area (Å²) in [5.74, 6) is 2.16. The van der Waals surface area contributed by atoms with E-state index in [1.807, 2.05) is 24.3 Å². The van der Waals surface area contributed by atoms with E-state index in [1.165, 1.54) is 18.0 Å². The van der Waals surface area contributed by atoms with Gasteiger partial charge >= 0.3 is 6.01 Å². The molecule has 0 saturated carbocycles. The summed E-state index contributed by atoms with van der Waals surface area (Å²) in [5, 5.41) is 4.09. The van der Waals surface area contributed by atoms with E-state index in [2.05, 4.69) is 52.0 Å². The third kappa shape index (κ3) is 4.79. The van der Waals surface area contributed by atoms with E-state index in [-0.39, 0.29) is 12.1 Å². The van der Waals surface area contributed by atoms with Crippen LogP contribution in [0, 0.1) is 5.92 Å². The number of ether oxygens (including phenoxy) is 2. The fraction of sp³-hybridized carbons (Fsp3) is 0.320. The van der Waals surface area contributed by atoms with E-state index in [4.69, 9.17) is 26.1 Å². The number of imidazole rings is 1. The molecule has 33 heavy (non-hydrogen) atoms. The van der Waals surface area contributed by atoms with Gasteiger partial charge < -0.3 is 19.4 Å². The third-order valence-electron chi connectivity index (χ3n) is 5.98. The van der Waals surface area contributed by atoms with Gasteiger partial charge in [0, 0.05) is 13.0 Å². The number of anilines is 1. The van der Waals surface area contributed by atoms with Crippen molar-refractivity contribution in [3.05, 3.63) is 71.0 Å². The highest BCUT2D eigenvalue weighted by Gasteiger charge is 2.20. The van der Waals surface area contributed by atoms with E-state index in [0.29, 0.717) is 16.7 Å². The molecule has 170 valence electrons. The van der Waals surface area contributed by atoms with Crippen molar-refractivity contribution in [1.29, 1.82) is 0 Å². The molecule has 3 heterocycles. The lowest BCUT2D eigenvalue weighted by atomic mass is 9.98. The Morgan fingerprint density at radius 3 is 2.58 bits per heavy atom. The van der Waals surface area contributed by atoms with Gasteiger partial charge in [-0.1, -0.05) is 36.7 Å². The Balaban J connectivity index is 1.30. The van der Waals surface area contributed by atoms with Crippen molar-refractivity contribution in [2.24, 2.45) is 13.0 Å². The summed E-state index contributed by atoms with van der Waals surface area (Å²) >= 11 is 5.83. The molecule has 0 bridgehead atoms. The van der Waals surface area contributed by atoms with Crippen molar-refractivity contribution in [2.45, 2.75) is 25.8 Å². The number of benzene rings is 2. The van der Waals surface area contributed by atoms with Crippen molar-refractivity contribution in [2.75, 3.05) is 18.5 Å². The smallest absolute Gasteiger partial charge is 0.321 e. The molecule has 8 heteroatoms. The van der Waals surface area contributed by atoms with E-state index in [9.17, 15) is 0 Å². The average Bonchev–Trinajstić information content (AvgIpc) is 3.11. The summed E-state index contributed by atoms with van der Waals surface area (Å²) in [6.07, 6.45) is 4.99. The average molecular weight is 464 g/mol. The molecular formula is C25H26ClN5O2. The molecule has 0 amide bonds. The van der Waals surface area contributed by atoms with E-state index in [1.54, 1.807) is 0 Å². The minimum atomic E-state index is 0.118. The highest BCUT2D eigenvalue weighted by atomic mass is 35.5. The van der Waals surface area contributed by atoms with Gasteiger partial charge in [0.25, 0.3) is 0 Å². The van der Waals surface area contributed by atoms with Crippen molar-refractivity contribution in [1.82, 2.24) is 19.5 Å². The molecule has 1 unspecified atom stereocenters. The van der Waals surface area contributed by atoms with Gasteiger partial charge in [0.15, 0.2) is 0 Å². The molecule has 1 atom stereocenters. The third-order valence-corrected chi connectivity index (χ3v) is 6.17. The van der Waals surface area contributed by atoms with Crippen LogP contribution in [-0.2, 0) is 18.2 Å². The molecule has 4 aromatic rings. The van der Waals surface area contributed by atoms with Crippen LogP contribution in [0.2, 0.25) is 5.02 Å². The number of hydrogen-bond donors (Lipinski definition) is 1. The number of aryl methyl sites for hydroxylation is 1. The lowest BCUT2D eigenvalue weighted by Gasteiger charge is -2.25. The quantitative estimate of drug-likeness (QED) is 0.368. The number of aromatic nitrogens is 4. The van der Waals surface area contributed by atoms with Crippen LogP contribution in [-0.4, -0.2) is 32.7 Å². The second-order valence-electron chi connectivity index (χ2n) is 8.39. The highest BCUT2D eigenvalue weighted by molar-refractivity contribution is 6.30. The first kappa shape index (κ1) is 21.7. The van der Waals surface area contributed by atoms with Crippen molar-refractivity contribution < 1.29 is 9.47 Å². The van der Waals surface area contributed by atoms with Gasteiger partial charge in [0.2, 0.25) is 5.95 Å². The monoisotopic (exact) mass is 463 g/mol. The largest absolute Gasteiger partial charge is 0.424 e. The zero-order valence-electron chi connectivity index (χ0n) is 18.7. The van der Waals surface area contributed by atoms with Crippen LogP contribution in [0.4, 0.5) is 5.95 Å². The highest BCUT2D eigenvalue weighted by Crippen LogP contribution is 2.28. The molecule has 0 spiro atoms. The zero-order valence-corrected chi connectivity index (χ0v) is 19.4. The summed E-state index contributed by atoms with van der Waals surface area (Å²) < 4.78 is 13.2. The van der Waals surface area contributed by atoms with Crippen LogP contribution >= 0.6 is 11.6 Å². The normalized spacial score (nSPS) is 14.8. The molecule has 1 saturated heterocycles. The molecule has 1 N–H and O–H groups in total. The molecular weight excluding hydrogens is 438 g/mol. The minimum Gasteiger partial charge on any atom is -0.424 e. The van der Waals surface area contributed by atoms with Gasteiger partial charge in [-0.2, -0.15) is 0 Å². The summed E-state index contributed by atoms with van der Waals surface area (Å²) in [4.78, 5) is 13.0. The first-order valence-electron chi connectivity index (χ1n) is 11.1. The Labute approximate surface area is 197 Å². The number of halogens is 1. The molecule has 2 aromatic heterocycles. The Morgan fingerprint density at radius 1 is 1.15 bits per heavy atom. The molecule has 1 aliphatic rings. The van der Waals surface area contributed by atoms with Gasteiger partial charge in [-0.05, 0) is 48.2 Å². The predicted molar refractivity (Wildman–Crippen MR) is 129 cm³/mol. The van der Waals surface area contributed by atoms with Gasteiger partial charge in [-0.25, -0.2) is 15.0 Å².